The Bertz CT molecular complexity index is 278. The average Bonchev–Trinajstić information content (AvgIpc) is 2.48. The van der Waals surface area contributed by atoms with Gasteiger partial charge in [-0.3, -0.25) is 0 Å². The van der Waals surface area contributed by atoms with E-state index in [0.717, 1.165) is 6.42 Å². The van der Waals surface area contributed by atoms with Crippen LogP contribution in [0.2, 0.25) is 0 Å². The highest BCUT2D eigenvalue weighted by Crippen LogP contribution is 2.49. The van der Waals surface area contributed by atoms with Crippen LogP contribution in [0.4, 0.5) is 0 Å². The predicted molar refractivity (Wildman–Crippen MR) is 67.1 cm³/mol. The maximum Gasteiger partial charge on any atom is 0.107 e. The van der Waals surface area contributed by atoms with Crippen LogP contribution in [0, 0.1) is 17.8 Å². The number of hydrogen-bond acceptors (Lipinski definition) is 2. The minimum atomic E-state index is 0.00471. The Kier molecular flexibility index (Phi) is 2.61. The minimum Gasteiger partial charge on any atom is -0.492 e. The molecule has 0 aromatic heterocycles. The molecule has 86 valence electrons. The van der Waals surface area contributed by atoms with Crippen LogP contribution in [0.5, 0.6) is 0 Å². The summed E-state index contributed by atoms with van der Waals surface area (Å²) in [7, 11) is 0. The molecule has 1 nitrogen and oxygen atoms in total. The first-order chi connectivity index (χ1) is 6.83. The molecule has 0 spiro atoms. The third-order valence-corrected chi connectivity index (χ3v) is 5.04. The van der Waals surface area contributed by atoms with Crippen molar-refractivity contribution in [3.05, 3.63) is 11.3 Å². The molecule has 1 aliphatic carbocycles. The van der Waals surface area contributed by atoms with Crippen LogP contribution in [-0.4, -0.2) is 10.9 Å². The molecule has 4 atom stereocenters. The fraction of sp³-hybridized carbons (Fsp3) is 0.846. The Labute approximate surface area is 98.7 Å². The first-order valence-electron chi connectivity index (χ1n) is 5.93. The van der Waals surface area contributed by atoms with E-state index in [9.17, 15) is 0 Å². The van der Waals surface area contributed by atoms with Gasteiger partial charge in [0.1, 0.15) is 5.60 Å². The van der Waals surface area contributed by atoms with Gasteiger partial charge in [0.15, 0.2) is 0 Å². The highest BCUT2D eigenvalue weighted by Gasteiger charge is 2.44. The van der Waals surface area contributed by atoms with Gasteiger partial charge in [-0.25, -0.2) is 0 Å². The van der Waals surface area contributed by atoms with Crippen molar-refractivity contribution in [2.24, 2.45) is 17.8 Å². The SMILES string of the molecule is CC1C2=C(CC(C)(C)O2)C(C)C(S)C1C. The second-order valence-electron chi connectivity index (χ2n) is 5.86. The van der Waals surface area contributed by atoms with Gasteiger partial charge in [-0.2, -0.15) is 12.6 Å². The van der Waals surface area contributed by atoms with Crippen molar-refractivity contribution in [1.29, 1.82) is 0 Å². The molecule has 15 heavy (non-hydrogen) atoms. The lowest BCUT2D eigenvalue weighted by Gasteiger charge is -2.36. The van der Waals surface area contributed by atoms with Gasteiger partial charge < -0.3 is 4.74 Å². The summed E-state index contributed by atoms with van der Waals surface area (Å²) in [4.78, 5) is 0. The molecule has 2 aliphatic rings. The number of rotatable bonds is 0. The monoisotopic (exact) mass is 226 g/mol. The molecule has 1 heterocycles. The van der Waals surface area contributed by atoms with Crippen molar-refractivity contribution in [2.75, 3.05) is 0 Å². The van der Waals surface area contributed by atoms with E-state index < -0.39 is 0 Å². The molecule has 0 saturated carbocycles. The topological polar surface area (TPSA) is 9.23 Å². The van der Waals surface area contributed by atoms with E-state index in [1.807, 2.05) is 0 Å². The molecule has 0 bridgehead atoms. The lowest BCUT2D eigenvalue weighted by atomic mass is 9.74. The summed E-state index contributed by atoms with van der Waals surface area (Å²) >= 11 is 4.76. The summed E-state index contributed by atoms with van der Waals surface area (Å²) in [6.07, 6.45) is 1.08. The van der Waals surface area contributed by atoms with Crippen LogP contribution >= 0.6 is 12.6 Å². The van der Waals surface area contributed by atoms with Crippen molar-refractivity contribution < 1.29 is 4.74 Å². The van der Waals surface area contributed by atoms with Gasteiger partial charge in [0.2, 0.25) is 0 Å². The first-order valence-corrected chi connectivity index (χ1v) is 6.45. The van der Waals surface area contributed by atoms with Crippen LogP contribution in [-0.2, 0) is 4.74 Å². The lowest BCUT2D eigenvalue weighted by Crippen LogP contribution is -2.32. The smallest absolute Gasteiger partial charge is 0.107 e. The second kappa shape index (κ2) is 3.44. The lowest BCUT2D eigenvalue weighted by molar-refractivity contribution is 0.0400. The Morgan fingerprint density at radius 1 is 1.20 bits per heavy atom. The van der Waals surface area contributed by atoms with Gasteiger partial charge >= 0.3 is 0 Å². The largest absolute Gasteiger partial charge is 0.492 e. The molecular weight excluding hydrogens is 204 g/mol. The van der Waals surface area contributed by atoms with Gasteiger partial charge in [-0.1, -0.05) is 20.8 Å². The summed E-state index contributed by atoms with van der Waals surface area (Å²) in [5, 5.41) is 0.483. The molecule has 0 radical (unpaired) electrons. The van der Waals surface area contributed by atoms with Crippen molar-refractivity contribution >= 4 is 12.6 Å². The zero-order valence-electron chi connectivity index (χ0n) is 10.4. The zero-order valence-corrected chi connectivity index (χ0v) is 11.3. The standard InChI is InChI=1S/C13H22OS/c1-7-8(2)12(15)9(3)10-6-13(4,5)14-11(7)10/h7-9,12,15H,6H2,1-5H3. The number of allylic oxidation sites excluding steroid dienone is 1. The van der Waals surface area contributed by atoms with Crippen LogP contribution in [0.15, 0.2) is 11.3 Å². The Morgan fingerprint density at radius 2 is 1.80 bits per heavy atom. The van der Waals surface area contributed by atoms with E-state index in [4.69, 9.17) is 17.4 Å². The highest BCUT2D eigenvalue weighted by atomic mass is 32.1. The van der Waals surface area contributed by atoms with Crippen LogP contribution in [0.1, 0.15) is 41.0 Å². The van der Waals surface area contributed by atoms with E-state index in [2.05, 4.69) is 34.6 Å². The van der Waals surface area contributed by atoms with E-state index in [-0.39, 0.29) is 5.60 Å². The van der Waals surface area contributed by atoms with Gasteiger partial charge in [-0.05, 0) is 31.3 Å². The zero-order chi connectivity index (χ0) is 11.4. The highest BCUT2D eigenvalue weighted by molar-refractivity contribution is 7.81. The average molecular weight is 226 g/mol. The number of ether oxygens (including phenoxy) is 1. The predicted octanol–water partition coefficient (Wildman–Crippen LogP) is 3.66. The molecule has 4 unspecified atom stereocenters. The summed E-state index contributed by atoms with van der Waals surface area (Å²) in [5.41, 5.74) is 1.52. The van der Waals surface area contributed by atoms with Crippen molar-refractivity contribution in [1.82, 2.24) is 0 Å². The molecule has 1 aliphatic heterocycles. The summed E-state index contributed by atoms with van der Waals surface area (Å²) < 4.78 is 6.10. The molecular formula is C13H22OS. The molecule has 0 aromatic carbocycles. The maximum absolute atomic E-state index is 6.10. The Balaban J connectivity index is 2.35. The molecule has 2 heteroatoms. The molecule has 0 fully saturated rings. The van der Waals surface area contributed by atoms with Crippen molar-refractivity contribution in [3.63, 3.8) is 0 Å². The van der Waals surface area contributed by atoms with Crippen molar-refractivity contribution in [2.45, 2.75) is 51.9 Å². The van der Waals surface area contributed by atoms with E-state index in [0.29, 0.717) is 23.0 Å². The van der Waals surface area contributed by atoms with E-state index >= 15 is 0 Å². The normalized spacial score (nSPS) is 43.9. The first kappa shape index (κ1) is 11.4. The minimum absolute atomic E-state index is 0.00471. The number of hydrogen-bond donors (Lipinski definition) is 1. The second-order valence-corrected chi connectivity index (χ2v) is 6.45. The van der Waals surface area contributed by atoms with Gasteiger partial charge in [0.05, 0.1) is 5.76 Å². The molecule has 0 N–H and O–H groups in total. The molecule has 0 amide bonds. The van der Waals surface area contributed by atoms with Crippen LogP contribution < -0.4 is 0 Å². The van der Waals surface area contributed by atoms with Crippen LogP contribution in [0.25, 0.3) is 0 Å². The van der Waals surface area contributed by atoms with Gasteiger partial charge in [-0.15, -0.1) is 0 Å². The summed E-state index contributed by atoms with van der Waals surface area (Å²) in [6.45, 7) is 11.2. The Hall–Kier alpha value is -0.110. The van der Waals surface area contributed by atoms with Crippen molar-refractivity contribution in [3.8, 4) is 0 Å². The quantitative estimate of drug-likeness (QED) is 0.620. The molecule has 0 saturated heterocycles. The third kappa shape index (κ3) is 1.71. The third-order valence-electron chi connectivity index (χ3n) is 4.12. The van der Waals surface area contributed by atoms with Gasteiger partial charge in [0, 0.05) is 17.6 Å². The van der Waals surface area contributed by atoms with Gasteiger partial charge in [0.25, 0.3) is 0 Å². The summed E-state index contributed by atoms with van der Waals surface area (Å²) in [5.74, 6) is 2.97. The Morgan fingerprint density at radius 3 is 2.40 bits per heavy atom. The van der Waals surface area contributed by atoms with E-state index in [1.54, 1.807) is 0 Å². The van der Waals surface area contributed by atoms with E-state index in [1.165, 1.54) is 11.3 Å². The molecule has 2 rings (SSSR count). The van der Waals surface area contributed by atoms with Crippen LogP contribution in [0.3, 0.4) is 0 Å². The maximum atomic E-state index is 6.10. The fourth-order valence-corrected chi connectivity index (χ4v) is 3.35. The molecule has 0 aromatic rings. The number of thiol groups is 1. The summed E-state index contributed by atoms with van der Waals surface area (Å²) in [6, 6.07) is 0. The fourth-order valence-electron chi connectivity index (χ4n) is 2.91.